The molecular formula is C70H132N2O3. The fourth-order valence-corrected chi connectivity index (χ4v) is 11.2. The molecule has 0 aliphatic heterocycles. The molecule has 2 amide bonds. The van der Waals surface area contributed by atoms with Crippen molar-refractivity contribution < 1.29 is 14.3 Å². The lowest BCUT2D eigenvalue weighted by molar-refractivity contribution is 0.0937. The third-order valence-corrected chi connectivity index (χ3v) is 16.4. The summed E-state index contributed by atoms with van der Waals surface area (Å²) < 4.78 is 6.29. The van der Waals surface area contributed by atoms with Crippen molar-refractivity contribution in [3.05, 3.63) is 29.3 Å². The predicted molar refractivity (Wildman–Crippen MR) is 332 cm³/mol. The summed E-state index contributed by atoms with van der Waals surface area (Å²) in [6.07, 6.45) is 76.2. The molecule has 5 nitrogen and oxygen atoms in total. The number of benzene rings is 1. The van der Waals surface area contributed by atoms with Gasteiger partial charge in [0.2, 0.25) is 0 Å². The highest BCUT2D eigenvalue weighted by molar-refractivity contribution is 6.00. The highest BCUT2D eigenvalue weighted by Gasteiger charge is 2.16. The van der Waals surface area contributed by atoms with Crippen LogP contribution in [0.25, 0.3) is 0 Å². The van der Waals surface area contributed by atoms with Crippen LogP contribution in [0.15, 0.2) is 18.2 Å². The number of rotatable bonds is 62. The van der Waals surface area contributed by atoms with E-state index in [1.165, 1.54) is 321 Å². The zero-order valence-electron chi connectivity index (χ0n) is 51.2. The SMILES string of the molecule is CCCCCCCCCCCCCCCCCCCCCCCCCNC(=O)c1ccc(C(=O)NCCCCCCCCCCCCCCCCCCCCCCCCC)c(OCCCCCCCCCCCC)c1. The molecule has 0 radical (unpaired) electrons. The first-order valence-electron chi connectivity index (χ1n) is 34.5. The molecule has 2 N–H and O–H groups in total. The Morgan fingerprint density at radius 3 is 0.787 bits per heavy atom. The van der Waals surface area contributed by atoms with Crippen LogP contribution in [-0.2, 0) is 0 Å². The summed E-state index contributed by atoms with van der Waals surface area (Å²) in [6.45, 7) is 8.82. The summed E-state index contributed by atoms with van der Waals surface area (Å²) in [5, 5.41) is 6.32. The molecule has 440 valence electrons. The second-order valence-electron chi connectivity index (χ2n) is 23.8. The molecule has 0 fully saturated rings. The lowest BCUT2D eigenvalue weighted by Crippen LogP contribution is -2.26. The fraction of sp³-hybridized carbons (Fsp3) is 0.886. The summed E-state index contributed by atoms with van der Waals surface area (Å²) in [5.41, 5.74) is 1.12. The Hall–Kier alpha value is -2.04. The highest BCUT2D eigenvalue weighted by atomic mass is 16.5. The van der Waals surface area contributed by atoms with Crippen molar-refractivity contribution in [2.45, 2.75) is 380 Å². The van der Waals surface area contributed by atoms with E-state index >= 15 is 0 Å². The number of hydrogen-bond donors (Lipinski definition) is 2. The molecule has 1 aromatic rings. The average molecular weight is 1050 g/mol. The normalized spacial score (nSPS) is 11.5. The van der Waals surface area contributed by atoms with Crippen LogP contribution in [0, 0.1) is 0 Å². The van der Waals surface area contributed by atoms with Gasteiger partial charge in [-0.1, -0.05) is 361 Å². The van der Waals surface area contributed by atoms with Gasteiger partial charge in [-0.05, 0) is 37.5 Å². The van der Waals surface area contributed by atoms with E-state index in [1.54, 1.807) is 18.2 Å². The van der Waals surface area contributed by atoms with Crippen molar-refractivity contribution in [1.29, 1.82) is 0 Å². The molecular weight excluding hydrogens is 917 g/mol. The maximum absolute atomic E-state index is 13.5. The Bertz CT molecular complexity index is 1310. The standard InChI is InChI=1S/C70H132N2O3/c1-4-7-10-13-16-19-22-24-26-28-30-32-34-36-38-40-42-44-46-48-51-54-57-62-71-69(73)66-60-61-67(68(65-66)75-64-59-56-53-50-21-18-15-12-9-6-3)70(74)72-63-58-55-52-49-47-45-43-41-39-37-35-33-31-29-27-25-23-20-17-14-11-8-5-2/h60-61,65H,4-59,62-64H2,1-3H3,(H,71,73)(H,72,74). The lowest BCUT2D eigenvalue weighted by Gasteiger charge is -2.14. The van der Waals surface area contributed by atoms with Gasteiger partial charge in [-0.25, -0.2) is 0 Å². The summed E-state index contributed by atoms with van der Waals surface area (Å²) in [4.78, 5) is 26.8. The van der Waals surface area contributed by atoms with Gasteiger partial charge < -0.3 is 15.4 Å². The van der Waals surface area contributed by atoms with Crippen molar-refractivity contribution in [3.8, 4) is 5.75 Å². The van der Waals surface area contributed by atoms with E-state index in [9.17, 15) is 9.59 Å². The molecule has 0 aromatic heterocycles. The number of ether oxygens (including phenoxy) is 1. The Morgan fingerprint density at radius 2 is 0.520 bits per heavy atom. The molecule has 0 saturated carbocycles. The van der Waals surface area contributed by atoms with E-state index in [2.05, 4.69) is 31.4 Å². The second-order valence-corrected chi connectivity index (χ2v) is 23.8. The van der Waals surface area contributed by atoms with Gasteiger partial charge in [-0.2, -0.15) is 0 Å². The number of carbonyl (C=O) groups is 2. The molecule has 0 aliphatic rings. The first-order chi connectivity index (χ1) is 37.1. The first-order valence-corrected chi connectivity index (χ1v) is 34.5. The predicted octanol–water partition coefficient (Wildman–Crippen LogP) is 23.4. The van der Waals surface area contributed by atoms with Crippen molar-refractivity contribution in [2.75, 3.05) is 19.7 Å². The van der Waals surface area contributed by atoms with Crippen molar-refractivity contribution in [3.63, 3.8) is 0 Å². The molecule has 0 unspecified atom stereocenters. The van der Waals surface area contributed by atoms with Crippen molar-refractivity contribution in [2.24, 2.45) is 0 Å². The van der Waals surface area contributed by atoms with E-state index in [0.717, 1.165) is 38.5 Å². The summed E-state index contributed by atoms with van der Waals surface area (Å²) in [5.74, 6) is 0.374. The van der Waals surface area contributed by atoms with Crippen LogP contribution < -0.4 is 15.4 Å². The van der Waals surface area contributed by atoms with Gasteiger partial charge in [0.25, 0.3) is 11.8 Å². The van der Waals surface area contributed by atoms with Crippen molar-refractivity contribution in [1.82, 2.24) is 10.6 Å². The molecule has 0 aliphatic carbocycles. The van der Waals surface area contributed by atoms with Crippen LogP contribution in [0.4, 0.5) is 0 Å². The quantitative estimate of drug-likeness (QED) is 0.0639. The Kier molecular flexibility index (Phi) is 56.4. The van der Waals surface area contributed by atoms with E-state index < -0.39 is 0 Å². The monoisotopic (exact) mass is 1050 g/mol. The third kappa shape index (κ3) is 50.0. The summed E-state index contributed by atoms with van der Waals surface area (Å²) in [7, 11) is 0. The molecule has 0 spiro atoms. The zero-order valence-corrected chi connectivity index (χ0v) is 51.2. The van der Waals surface area contributed by atoms with Gasteiger partial charge in [0.15, 0.2) is 0 Å². The van der Waals surface area contributed by atoms with E-state index in [4.69, 9.17) is 4.74 Å². The molecule has 0 atom stereocenters. The molecule has 1 rings (SSSR count). The van der Waals surface area contributed by atoms with E-state index in [0.29, 0.717) is 36.6 Å². The van der Waals surface area contributed by atoms with Crippen LogP contribution in [0.3, 0.4) is 0 Å². The van der Waals surface area contributed by atoms with Crippen LogP contribution in [0.2, 0.25) is 0 Å². The number of carbonyl (C=O) groups excluding carboxylic acids is 2. The molecule has 5 heteroatoms. The Labute approximate surface area is 469 Å². The first kappa shape index (κ1) is 71.0. The minimum Gasteiger partial charge on any atom is -0.493 e. The molecule has 0 heterocycles. The maximum Gasteiger partial charge on any atom is 0.255 e. The van der Waals surface area contributed by atoms with Crippen LogP contribution in [-0.4, -0.2) is 31.5 Å². The highest BCUT2D eigenvalue weighted by Crippen LogP contribution is 2.23. The number of hydrogen-bond acceptors (Lipinski definition) is 3. The Balaban J connectivity index is 2.22. The topological polar surface area (TPSA) is 67.4 Å². The number of amides is 2. The smallest absolute Gasteiger partial charge is 0.255 e. The molecule has 0 saturated heterocycles. The van der Waals surface area contributed by atoms with Gasteiger partial charge in [0.1, 0.15) is 5.75 Å². The lowest BCUT2D eigenvalue weighted by atomic mass is 10.0. The largest absolute Gasteiger partial charge is 0.493 e. The number of nitrogens with one attached hydrogen (secondary N) is 2. The van der Waals surface area contributed by atoms with Gasteiger partial charge in [-0.15, -0.1) is 0 Å². The minimum absolute atomic E-state index is 0.0745. The van der Waals surface area contributed by atoms with Gasteiger partial charge in [0, 0.05) is 18.7 Å². The zero-order chi connectivity index (χ0) is 53.8. The summed E-state index contributed by atoms with van der Waals surface area (Å²) >= 11 is 0. The second kappa shape index (κ2) is 59.6. The van der Waals surface area contributed by atoms with Crippen LogP contribution in [0.1, 0.15) is 401 Å². The number of unbranched alkanes of at least 4 members (excludes halogenated alkanes) is 53. The van der Waals surface area contributed by atoms with Crippen LogP contribution in [0.5, 0.6) is 5.75 Å². The van der Waals surface area contributed by atoms with E-state index in [-0.39, 0.29) is 11.8 Å². The van der Waals surface area contributed by atoms with Gasteiger partial charge in [-0.3, -0.25) is 9.59 Å². The van der Waals surface area contributed by atoms with Crippen molar-refractivity contribution >= 4 is 11.8 Å². The molecule has 1 aromatic carbocycles. The van der Waals surface area contributed by atoms with Gasteiger partial charge >= 0.3 is 0 Å². The van der Waals surface area contributed by atoms with Gasteiger partial charge in [0.05, 0.1) is 12.2 Å². The van der Waals surface area contributed by atoms with Crippen LogP contribution >= 0.6 is 0 Å². The summed E-state index contributed by atoms with van der Waals surface area (Å²) in [6, 6.07) is 5.41. The molecule has 75 heavy (non-hydrogen) atoms. The minimum atomic E-state index is -0.0937. The van der Waals surface area contributed by atoms with E-state index in [1.807, 2.05) is 0 Å². The Morgan fingerprint density at radius 1 is 0.293 bits per heavy atom. The maximum atomic E-state index is 13.5. The fourth-order valence-electron chi connectivity index (χ4n) is 11.2. The molecule has 0 bridgehead atoms. The third-order valence-electron chi connectivity index (χ3n) is 16.4. The average Bonchev–Trinajstić information content (AvgIpc) is 3.42.